The van der Waals surface area contributed by atoms with Crippen LogP contribution in [0.2, 0.25) is 0 Å². The van der Waals surface area contributed by atoms with E-state index >= 15 is 0 Å². The van der Waals surface area contributed by atoms with Crippen LogP contribution in [0, 0.1) is 33.5 Å². The van der Waals surface area contributed by atoms with E-state index in [0.717, 1.165) is 32.2 Å². The summed E-state index contributed by atoms with van der Waals surface area (Å²) in [5.74, 6) is 0.658. The van der Waals surface area contributed by atoms with E-state index in [0.29, 0.717) is 5.88 Å². The van der Waals surface area contributed by atoms with Crippen molar-refractivity contribution < 1.29 is 0 Å². The number of hydrogen-bond donors (Lipinski definition) is 0. The third-order valence-corrected chi connectivity index (χ3v) is 2.93. The van der Waals surface area contributed by atoms with Crippen molar-refractivity contribution in [2.45, 2.75) is 68.2 Å². The zero-order chi connectivity index (χ0) is 15.4. The summed E-state index contributed by atoms with van der Waals surface area (Å²) in [6, 6.07) is 4.46. The van der Waals surface area contributed by atoms with E-state index < -0.39 is 0 Å². The minimum Gasteiger partial charge on any atom is -0.301 e. The molecular formula is C17H34ClN3. The Morgan fingerprint density at radius 2 is 1.33 bits per heavy atom. The zero-order valence-corrected chi connectivity index (χ0v) is 13.4. The van der Waals surface area contributed by atoms with E-state index in [9.17, 15) is 0 Å². The molecule has 0 rings (SSSR count). The molecule has 0 aromatic rings. The molecule has 0 aliphatic heterocycles. The van der Waals surface area contributed by atoms with Gasteiger partial charge < -0.3 is 4.99 Å². The minimum absolute atomic E-state index is 0. The summed E-state index contributed by atoms with van der Waals surface area (Å²) in [7, 11) is 0. The van der Waals surface area contributed by atoms with E-state index in [1.54, 1.807) is 0 Å². The van der Waals surface area contributed by atoms with Crippen molar-refractivity contribution in [2.75, 3.05) is 12.4 Å². The fourth-order valence-corrected chi connectivity index (χ4v) is 1.39. The number of alkyl halides is 1. The standard InChI is InChI=1S/C8H14N2.C7H12ClN.2CH4/c1-8(2,7-9)5-4-6-10-3;1-7(2,6-9)4-3-5-8;;/h3-6H2,1-2H3;3-5H2,1-2H3;2*1H4. The molecule has 0 amide bonds. The molecule has 0 saturated carbocycles. The van der Waals surface area contributed by atoms with E-state index in [-0.39, 0.29) is 25.7 Å². The maximum absolute atomic E-state index is 8.60. The van der Waals surface area contributed by atoms with E-state index in [1.807, 2.05) is 27.7 Å². The fraction of sp³-hybridized carbons (Fsp3) is 0.824. The van der Waals surface area contributed by atoms with Gasteiger partial charge in [-0.05, 0) is 60.1 Å². The van der Waals surface area contributed by atoms with Gasteiger partial charge in [0.15, 0.2) is 0 Å². The maximum atomic E-state index is 8.60. The van der Waals surface area contributed by atoms with Crippen molar-refractivity contribution in [3.8, 4) is 12.1 Å². The Balaban J connectivity index is -0.000000126. The fourth-order valence-electron chi connectivity index (χ4n) is 1.25. The quantitative estimate of drug-likeness (QED) is 0.336. The maximum Gasteiger partial charge on any atom is 0.0683 e. The molecule has 0 fully saturated rings. The average molecular weight is 316 g/mol. The Hall–Kier alpha value is -1.06. The topological polar surface area (TPSA) is 59.9 Å². The Morgan fingerprint density at radius 3 is 1.62 bits per heavy atom. The summed E-state index contributed by atoms with van der Waals surface area (Å²) < 4.78 is 0. The number of aliphatic imine (C=N–C) groups is 1. The summed E-state index contributed by atoms with van der Waals surface area (Å²) in [6.45, 7) is 11.9. The molecule has 0 aromatic heterocycles. The lowest BCUT2D eigenvalue weighted by atomic mass is 9.90. The van der Waals surface area contributed by atoms with Gasteiger partial charge in [-0.15, -0.1) is 11.6 Å². The van der Waals surface area contributed by atoms with Gasteiger partial charge in [0.25, 0.3) is 0 Å². The minimum atomic E-state index is -0.190. The molecule has 0 radical (unpaired) electrons. The normalized spacial score (nSPS) is 9.67. The molecule has 0 heterocycles. The molecule has 0 aliphatic carbocycles. The molecule has 0 N–H and O–H groups in total. The molecule has 21 heavy (non-hydrogen) atoms. The van der Waals surface area contributed by atoms with Crippen molar-refractivity contribution >= 4 is 18.3 Å². The average Bonchev–Trinajstić information content (AvgIpc) is 2.37. The Kier molecular flexibility index (Phi) is 20.6. The van der Waals surface area contributed by atoms with Crippen LogP contribution in [-0.4, -0.2) is 19.1 Å². The van der Waals surface area contributed by atoms with Crippen molar-refractivity contribution in [2.24, 2.45) is 15.8 Å². The number of rotatable bonds is 7. The van der Waals surface area contributed by atoms with Gasteiger partial charge in [-0.3, -0.25) is 0 Å². The predicted molar refractivity (Wildman–Crippen MR) is 95.9 cm³/mol. The van der Waals surface area contributed by atoms with Crippen LogP contribution in [0.5, 0.6) is 0 Å². The molecule has 0 saturated heterocycles. The number of nitrogens with zero attached hydrogens (tertiary/aromatic N) is 3. The van der Waals surface area contributed by atoms with Crippen LogP contribution in [0.1, 0.15) is 68.2 Å². The second-order valence-electron chi connectivity index (χ2n) is 5.83. The lowest BCUT2D eigenvalue weighted by Crippen LogP contribution is -2.07. The molecule has 0 unspecified atom stereocenters. The smallest absolute Gasteiger partial charge is 0.0683 e. The van der Waals surface area contributed by atoms with E-state index in [2.05, 4.69) is 23.8 Å². The lowest BCUT2D eigenvalue weighted by molar-refractivity contribution is 0.439. The van der Waals surface area contributed by atoms with Crippen LogP contribution in [0.3, 0.4) is 0 Å². The van der Waals surface area contributed by atoms with Crippen molar-refractivity contribution in [1.29, 1.82) is 10.5 Å². The molecule has 0 aromatic carbocycles. The first-order valence-corrected chi connectivity index (χ1v) is 7.09. The second kappa shape index (κ2) is 15.3. The van der Waals surface area contributed by atoms with Crippen LogP contribution in [0.4, 0.5) is 0 Å². The summed E-state index contributed by atoms with van der Waals surface area (Å²) in [5, 5.41) is 17.1. The van der Waals surface area contributed by atoms with Gasteiger partial charge in [-0.2, -0.15) is 10.5 Å². The Labute approximate surface area is 138 Å². The highest BCUT2D eigenvalue weighted by Gasteiger charge is 2.15. The summed E-state index contributed by atoms with van der Waals surface area (Å²) >= 11 is 5.46. The number of nitriles is 2. The van der Waals surface area contributed by atoms with Gasteiger partial charge in [0.05, 0.1) is 23.0 Å². The van der Waals surface area contributed by atoms with Gasteiger partial charge in [-0.25, -0.2) is 0 Å². The van der Waals surface area contributed by atoms with Gasteiger partial charge >= 0.3 is 0 Å². The predicted octanol–water partition coefficient (Wildman–Crippen LogP) is 5.84. The molecule has 4 heteroatoms. The Bertz CT molecular complexity index is 322. The molecule has 0 spiro atoms. The lowest BCUT2D eigenvalue weighted by Gasteiger charge is -2.12. The number of halogens is 1. The van der Waals surface area contributed by atoms with Crippen molar-refractivity contribution in [3.05, 3.63) is 0 Å². The summed E-state index contributed by atoms with van der Waals surface area (Å²) in [4.78, 5) is 3.71. The molecule has 0 bridgehead atoms. The first kappa shape index (κ1) is 28.2. The van der Waals surface area contributed by atoms with E-state index in [1.165, 1.54) is 0 Å². The highest BCUT2D eigenvalue weighted by atomic mass is 35.5. The van der Waals surface area contributed by atoms with Crippen LogP contribution < -0.4 is 0 Å². The van der Waals surface area contributed by atoms with Gasteiger partial charge in [-0.1, -0.05) is 14.9 Å². The van der Waals surface area contributed by atoms with Gasteiger partial charge in [0, 0.05) is 12.4 Å². The molecule has 3 nitrogen and oxygen atoms in total. The molecule has 124 valence electrons. The monoisotopic (exact) mass is 315 g/mol. The van der Waals surface area contributed by atoms with Crippen molar-refractivity contribution in [3.63, 3.8) is 0 Å². The zero-order valence-electron chi connectivity index (χ0n) is 12.7. The molecule has 0 aliphatic rings. The largest absolute Gasteiger partial charge is 0.301 e. The second-order valence-corrected chi connectivity index (χ2v) is 6.21. The summed E-state index contributed by atoms with van der Waals surface area (Å²) in [6.07, 6.45) is 3.70. The first-order valence-electron chi connectivity index (χ1n) is 6.55. The van der Waals surface area contributed by atoms with Gasteiger partial charge in [0.2, 0.25) is 0 Å². The van der Waals surface area contributed by atoms with Crippen LogP contribution in [0.25, 0.3) is 0 Å². The van der Waals surface area contributed by atoms with Crippen LogP contribution in [0.15, 0.2) is 4.99 Å². The number of hydrogen-bond acceptors (Lipinski definition) is 3. The van der Waals surface area contributed by atoms with Crippen LogP contribution >= 0.6 is 11.6 Å². The highest BCUT2D eigenvalue weighted by molar-refractivity contribution is 6.17. The third kappa shape index (κ3) is 21.4. The molecular weight excluding hydrogens is 282 g/mol. The highest BCUT2D eigenvalue weighted by Crippen LogP contribution is 2.20. The molecule has 0 atom stereocenters. The third-order valence-electron chi connectivity index (χ3n) is 2.66. The SMILES string of the molecule is C.C.C=NCCCC(C)(C)C#N.CC(C)(C#N)CCCCl. The summed E-state index contributed by atoms with van der Waals surface area (Å²) in [5.41, 5.74) is -0.375. The Morgan fingerprint density at radius 1 is 0.952 bits per heavy atom. The van der Waals surface area contributed by atoms with Crippen molar-refractivity contribution in [1.82, 2.24) is 0 Å². The van der Waals surface area contributed by atoms with Gasteiger partial charge in [0.1, 0.15) is 0 Å². The van der Waals surface area contributed by atoms with Crippen LogP contribution in [-0.2, 0) is 0 Å². The van der Waals surface area contributed by atoms with E-state index in [4.69, 9.17) is 22.1 Å². The first-order chi connectivity index (χ1) is 8.74.